The second-order valence-corrected chi connectivity index (χ2v) is 7.58. The van der Waals surface area contributed by atoms with E-state index in [4.69, 9.17) is 4.98 Å². The Morgan fingerprint density at radius 1 is 1.22 bits per heavy atom. The molecule has 1 aliphatic heterocycles. The van der Waals surface area contributed by atoms with Gasteiger partial charge in [-0.3, -0.25) is 0 Å². The predicted molar refractivity (Wildman–Crippen MR) is 89.3 cm³/mol. The first-order valence-corrected chi connectivity index (χ1v) is 9.08. The summed E-state index contributed by atoms with van der Waals surface area (Å²) in [7, 11) is 0. The third-order valence-corrected chi connectivity index (χ3v) is 6.17. The number of nitriles is 1. The highest BCUT2D eigenvalue weighted by atomic mass is 16.3. The molecule has 1 aromatic heterocycles. The maximum atomic E-state index is 10.5. The Hall–Kier alpha value is -1.60. The molecule has 3 aliphatic rings. The van der Waals surface area contributed by atoms with Crippen molar-refractivity contribution in [3.8, 4) is 6.07 Å². The minimum absolute atomic E-state index is 0.0303. The average Bonchev–Trinajstić information content (AvgIpc) is 2.93. The molecule has 2 heterocycles. The fraction of sp³-hybridized carbons (Fsp3) is 0.684. The summed E-state index contributed by atoms with van der Waals surface area (Å²) >= 11 is 0. The van der Waals surface area contributed by atoms with Gasteiger partial charge < -0.3 is 10.0 Å². The molecular formula is C19H25N3O. The molecule has 0 bridgehead atoms. The fourth-order valence-corrected chi connectivity index (χ4v) is 4.88. The molecule has 1 N–H and O–H groups in total. The SMILES string of the molecule is N#Cc1cc2c(nc1N1CCC[C@]3(CCC[C@H]3O)C1)CCCC2. The van der Waals surface area contributed by atoms with Crippen LogP contribution >= 0.6 is 0 Å². The lowest BCUT2D eigenvalue weighted by Gasteiger charge is -2.43. The van der Waals surface area contributed by atoms with Gasteiger partial charge in [0.25, 0.3) is 0 Å². The average molecular weight is 311 g/mol. The van der Waals surface area contributed by atoms with Crippen LogP contribution in [0.2, 0.25) is 0 Å². The standard InChI is InChI=1S/C19H25N3O/c20-12-15-11-14-5-1-2-6-16(14)21-18(15)22-10-4-9-19(13-22)8-3-7-17(19)23/h11,17,23H,1-10,13H2/t17-,19-/m1/s1. The van der Waals surface area contributed by atoms with Crippen LogP contribution in [0.5, 0.6) is 0 Å². The molecule has 0 amide bonds. The zero-order chi connectivity index (χ0) is 15.9. The molecule has 1 saturated heterocycles. The van der Waals surface area contributed by atoms with Gasteiger partial charge >= 0.3 is 0 Å². The number of hydrogen-bond acceptors (Lipinski definition) is 4. The van der Waals surface area contributed by atoms with Gasteiger partial charge in [-0.15, -0.1) is 0 Å². The number of piperidine rings is 1. The highest BCUT2D eigenvalue weighted by Gasteiger charge is 2.45. The normalized spacial score (nSPS) is 30.3. The third-order valence-electron chi connectivity index (χ3n) is 6.17. The first kappa shape index (κ1) is 15.0. The van der Waals surface area contributed by atoms with E-state index in [1.165, 1.54) is 24.1 Å². The Morgan fingerprint density at radius 2 is 2.04 bits per heavy atom. The van der Waals surface area contributed by atoms with Gasteiger partial charge in [0.15, 0.2) is 0 Å². The van der Waals surface area contributed by atoms with Crippen LogP contribution in [0.15, 0.2) is 6.07 Å². The number of anilines is 1. The van der Waals surface area contributed by atoms with Crippen LogP contribution in [0.1, 0.15) is 61.8 Å². The number of rotatable bonds is 1. The van der Waals surface area contributed by atoms with Crippen LogP contribution in [0, 0.1) is 16.7 Å². The van der Waals surface area contributed by atoms with Gasteiger partial charge in [-0.05, 0) is 63.0 Å². The molecule has 2 aliphatic carbocycles. The van der Waals surface area contributed by atoms with E-state index in [1.807, 2.05) is 0 Å². The summed E-state index contributed by atoms with van der Waals surface area (Å²) in [6, 6.07) is 4.44. The second-order valence-electron chi connectivity index (χ2n) is 7.58. The van der Waals surface area contributed by atoms with Crippen LogP contribution in [-0.4, -0.2) is 29.3 Å². The smallest absolute Gasteiger partial charge is 0.146 e. The molecule has 4 nitrogen and oxygen atoms in total. The number of pyridine rings is 1. The summed E-state index contributed by atoms with van der Waals surface area (Å²) in [4.78, 5) is 7.19. The van der Waals surface area contributed by atoms with Crippen LogP contribution in [-0.2, 0) is 12.8 Å². The first-order valence-electron chi connectivity index (χ1n) is 9.08. The molecular weight excluding hydrogens is 286 g/mol. The highest BCUT2D eigenvalue weighted by Crippen LogP contribution is 2.46. The van der Waals surface area contributed by atoms with Crippen LogP contribution < -0.4 is 4.90 Å². The van der Waals surface area contributed by atoms with E-state index < -0.39 is 0 Å². The molecule has 2 fully saturated rings. The van der Waals surface area contributed by atoms with Crippen molar-refractivity contribution in [3.63, 3.8) is 0 Å². The number of aliphatic hydroxyl groups excluding tert-OH is 1. The molecule has 4 heteroatoms. The molecule has 1 spiro atoms. The van der Waals surface area contributed by atoms with E-state index in [0.29, 0.717) is 0 Å². The van der Waals surface area contributed by atoms with Gasteiger partial charge in [0, 0.05) is 24.2 Å². The minimum Gasteiger partial charge on any atom is -0.392 e. The highest BCUT2D eigenvalue weighted by molar-refractivity contribution is 5.57. The molecule has 0 radical (unpaired) electrons. The number of hydrogen-bond donors (Lipinski definition) is 1. The Bertz CT molecular complexity index is 651. The van der Waals surface area contributed by atoms with Crippen molar-refractivity contribution in [2.75, 3.05) is 18.0 Å². The summed E-state index contributed by atoms with van der Waals surface area (Å²) in [6.07, 6.45) is 9.67. The molecule has 122 valence electrons. The van der Waals surface area contributed by atoms with E-state index in [9.17, 15) is 10.4 Å². The third kappa shape index (κ3) is 2.52. The van der Waals surface area contributed by atoms with Crippen molar-refractivity contribution in [2.45, 2.75) is 63.9 Å². The summed E-state index contributed by atoms with van der Waals surface area (Å²) < 4.78 is 0. The lowest BCUT2D eigenvalue weighted by Crippen LogP contribution is -2.47. The Kier molecular flexibility index (Phi) is 3.77. The van der Waals surface area contributed by atoms with Gasteiger partial charge in [-0.25, -0.2) is 4.98 Å². The first-order chi connectivity index (χ1) is 11.2. The lowest BCUT2D eigenvalue weighted by atomic mass is 9.76. The zero-order valence-electron chi connectivity index (χ0n) is 13.7. The van der Waals surface area contributed by atoms with Gasteiger partial charge in [0.2, 0.25) is 0 Å². The zero-order valence-corrected chi connectivity index (χ0v) is 13.7. The molecule has 1 aromatic rings. The van der Waals surface area contributed by atoms with Crippen molar-refractivity contribution in [1.82, 2.24) is 4.98 Å². The number of fused-ring (bicyclic) bond motifs is 1. The predicted octanol–water partition coefficient (Wildman–Crippen LogP) is 2.96. The van der Waals surface area contributed by atoms with E-state index in [2.05, 4.69) is 17.0 Å². The summed E-state index contributed by atoms with van der Waals surface area (Å²) in [5.74, 6) is 0.867. The van der Waals surface area contributed by atoms with Crippen molar-refractivity contribution in [3.05, 3.63) is 22.9 Å². The Labute approximate surface area is 138 Å². The maximum Gasteiger partial charge on any atom is 0.146 e. The van der Waals surface area contributed by atoms with E-state index in [-0.39, 0.29) is 11.5 Å². The van der Waals surface area contributed by atoms with E-state index >= 15 is 0 Å². The van der Waals surface area contributed by atoms with Crippen molar-refractivity contribution >= 4 is 5.82 Å². The lowest BCUT2D eigenvalue weighted by molar-refractivity contribution is 0.0407. The van der Waals surface area contributed by atoms with Crippen molar-refractivity contribution in [1.29, 1.82) is 5.26 Å². The van der Waals surface area contributed by atoms with Crippen LogP contribution in [0.25, 0.3) is 0 Å². The van der Waals surface area contributed by atoms with Gasteiger partial charge in [-0.2, -0.15) is 5.26 Å². The van der Waals surface area contributed by atoms with Crippen LogP contribution in [0.4, 0.5) is 5.82 Å². The molecule has 2 atom stereocenters. The van der Waals surface area contributed by atoms with Crippen molar-refractivity contribution < 1.29 is 5.11 Å². The summed E-state index contributed by atoms with van der Waals surface area (Å²) in [5.41, 5.74) is 3.21. The summed E-state index contributed by atoms with van der Waals surface area (Å²) in [5, 5.41) is 20.1. The Morgan fingerprint density at radius 3 is 2.83 bits per heavy atom. The number of aromatic nitrogens is 1. The number of nitrogens with zero attached hydrogens (tertiary/aromatic N) is 3. The monoisotopic (exact) mass is 311 g/mol. The number of aliphatic hydroxyl groups is 1. The molecule has 23 heavy (non-hydrogen) atoms. The molecule has 1 saturated carbocycles. The largest absolute Gasteiger partial charge is 0.392 e. The maximum absolute atomic E-state index is 10.5. The van der Waals surface area contributed by atoms with E-state index in [0.717, 1.165) is 69.4 Å². The Balaban J connectivity index is 1.68. The quantitative estimate of drug-likeness (QED) is 0.866. The molecule has 0 unspecified atom stereocenters. The van der Waals surface area contributed by atoms with Crippen LogP contribution in [0.3, 0.4) is 0 Å². The number of aryl methyl sites for hydroxylation is 2. The topological polar surface area (TPSA) is 60.2 Å². The molecule has 0 aromatic carbocycles. The van der Waals surface area contributed by atoms with Gasteiger partial charge in [0.05, 0.1) is 11.7 Å². The van der Waals surface area contributed by atoms with Gasteiger partial charge in [0.1, 0.15) is 11.9 Å². The molecule has 4 rings (SSSR count). The fourth-order valence-electron chi connectivity index (χ4n) is 4.88. The minimum atomic E-state index is -0.187. The summed E-state index contributed by atoms with van der Waals surface area (Å²) in [6.45, 7) is 1.81. The van der Waals surface area contributed by atoms with Crippen molar-refractivity contribution in [2.24, 2.45) is 5.41 Å². The van der Waals surface area contributed by atoms with E-state index in [1.54, 1.807) is 0 Å². The second kappa shape index (κ2) is 5.79. The van der Waals surface area contributed by atoms with Gasteiger partial charge in [-0.1, -0.05) is 6.42 Å².